The van der Waals surface area contributed by atoms with E-state index in [1.165, 1.54) is 17.4 Å². The van der Waals surface area contributed by atoms with Crippen molar-refractivity contribution in [3.63, 3.8) is 0 Å². The minimum atomic E-state index is -0.380. The number of morpholine rings is 1. The number of carbonyl (C=O) groups excluding carboxylic acids is 1. The average Bonchev–Trinajstić information content (AvgIpc) is 3.23. The van der Waals surface area contributed by atoms with Gasteiger partial charge in [0.25, 0.3) is 5.91 Å². The molecule has 4 rings (SSSR count). The van der Waals surface area contributed by atoms with Gasteiger partial charge in [0.15, 0.2) is 5.01 Å². The molecule has 2 saturated heterocycles. The average molecular weight is 434 g/mol. The first-order valence-electron chi connectivity index (χ1n) is 10.2. The number of nitrogens with zero attached hydrogens (tertiary/aromatic N) is 4. The number of aromatic nitrogens is 1. The van der Waals surface area contributed by atoms with Crippen molar-refractivity contribution in [2.45, 2.75) is 25.9 Å². The zero-order valence-electron chi connectivity index (χ0n) is 17.6. The minimum Gasteiger partial charge on any atom is -0.397 e. The monoisotopic (exact) mass is 433 g/mol. The van der Waals surface area contributed by atoms with Gasteiger partial charge >= 0.3 is 0 Å². The van der Waals surface area contributed by atoms with E-state index in [2.05, 4.69) is 35.7 Å². The lowest BCUT2D eigenvalue weighted by Gasteiger charge is -2.43. The molecular formula is C21H28FN5O2S. The number of amides is 1. The second-order valence-corrected chi connectivity index (χ2v) is 8.96. The third-order valence-corrected chi connectivity index (χ3v) is 6.91. The van der Waals surface area contributed by atoms with E-state index in [0.29, 0.717) is 66.0 Å². The normalized spacial score (nSPS) is 23.1. The van der Waals surface area contributed by atoms with Gasteiger partial charge in [-0.2, -0.15) is 0 Å². The Balaban J connectivity index is 1.57. The van der Waals surface area contributed by atoms with Crippen LogP contribution in [0.15, 0.2) is 17.5 Å². The van der Waals surface area contributed by atoms with Crippen molar-refractivity contribution in [3.8, 4) is 11.3 Å². The van der Waals surface area contributed by atoms with E-state index in [1.807, 2.05) is 0 Å². The molecule has 1 aromatic heterocycles. The molecule has 0 aliphatic carbocycles. The zero-order valence-corrected chi connectivity index (χ0v) is 18.4. The third kappa shape index (κ3) is 4.01. The molecule has 2 N–H and O–H groups in total. The molecule has 0 saturated carbocycles. The van der Waals surface area contributed by atoms with Crippen LogP contribution in [0.25, 0.3) is 11.3 Å². The summed E-state index contributed by atoms with van der Waals surface area (Å²) in [6.07, 6.45) is 0. The number of ether oxygens (including phenoxy) is 1. The van der Waals surface area contributed by atoms with Gasteiger partial charge in [0.2, 0.25) is 0 Å². The van der Waals surface area contributed by atoms with Crippen LogP contribution in [-0.4, -0.2) is 79.2 Å². The molecule has 7 nitrogen and oxygen atoms in total. The summed E-state index contributed by atoms with van der Waals surface area (Å²) in [5.41, 5.74) is 8.32. The number of nitrogen functional groups attached to an aromatic ring is 1. The Morgan fingerprint density at radius 2 is 1.90 bits per heavy atom. The molecule has 1 amide bonds. The van der Waals surface area contributed by atoms with Gasteiger partial charge in [0, 0.05) is 49.2 Å². The van der Waals surface area contributed by atoms with Crippen LogP contribution >= 0.6 is 11.3 Å². The maximum absolute atomic E-state index is 15.1. The largest absolute Gasteiger partial charge is 0.397 e. The van der Waals surface area contributed by atoms with Gasteiger partial charge in [-0.05, 0) is 33.0 Å². The van der Waals surface area contributed by atoms with Gasteiger partial charge in [-0.15, -0.1) is 11.3 Å². The molecule has 0 spiro atoms. The van der Waals surface area contributed by atoms with Gasteiger partial charge < -0.3 is 20.3 Å². The van der Waals surface area contributed by atoms with Crippen LogP contribution in [0.5, 0.6) is 0 Å². The number of hydrogen-bond donors (Lipinski definition) is 1. The van der Waals surface area contributed by atoms with Crippen molar-refractivity contribution >= 4 is 28.6 Å². The number of anilines is 2. The van der Waals surface area contributed by atoms with Crippen LogP contribution in [0.4, 0.5) is 15.8 Å². The van der Waals surface area contributed by atoms with Crippen molar-refractivity contribution in [1.29, 1.82) is 0 Å². The van der Waals surface area contributed by atoms with E-state index in [9.17, 15) is 4.79 Å². The van der Waals surface area contributed by atoms with Crippen molar-refractivity contribution in [2.24, 2.45) is 0 Å². The first kappa shape index (κ1) is 21.0. The molecular weight excluding hydrogens is 405 g/mol. The predicted molar refractivity (Wildman–Crippen MR) is 118 cm³/mol. The second-order valence-electron chi connectivity index (χ2n) is 8.10. The number of likely N-dealkylation sites (N-methyl/N-ethyl adjacent to an activating group) is 1. The van der Waals surface area contributed by atoms with Crippen LogP contribution < -0.4 is 10.6 Å². The standard InChI is InChI=1S/C21H28FN5O2S/c1-13-10-27(11-14(2)25(13)3)19-9-16(22)15(8-17(19)23)18-12-30-20(24-18)21(28)26-4-6-29-7-5-26/h8-9,12-14H,4-7,10-11,23H2,1-3H3/t13-,14+. The highest BCUT2D eigenvalue weighted by atomic mass is 32.1. The van der Waals surface area contributed by atoms with Gasteiger partial charge in [-0.25, -0.2) is 9.37 Å². The fourth-order valence-electron chi connectivity index (χ4n) is 4.05. The summed E-state index contributed by atoms with van der Waals surface area (Å²) < 4.78 is 20.4. The van der Waals surface area contributed by atoms with E-state index >= 15 is 4.39 Å². The highest BCUT2D eigenvalue weighted by Gasteiger charge is 2.28. The number of hydrogen-bond acceptors (Lipinski definition) is 7. The van der Waals surface area contributed by atoms with E-state index in [4.69, 9.17) is 10.5 Å². The molecule has 162 valence electrons. The fraction of sp³-hybridized carbons (Fsp3) is 0.524. The molecule has 0 unspecified atom stereocenters. The Morgan fingerprint density at radius 1 is 1.23 bits per heavy atom. The third-order valence-electron chi connectivity index (χ3n) is 6.08. The summed E-state index contributed by atoms with van der Waals surface area (Å²) in [5.74, 6) is -0.519. The first-order valence-corrected chi connectivity index (χ1v) is 11.1. The molecule has 3 heterocycles. The van der Waals surface area contributed by atoms with Crippen LogP contribution in [0, 0.1) is 5.82 Å². The summed E-state index contributed by atoms with van der Waals surface area (Å²) in [6.45, 7) is 8.05. The van der Waals surface area contributed by atoms with Crippen LogP contribution in [0.3, 0.4) is 0 Å². The quantitative estimate of drug-likeness (QED) is 0.750. The van der Waals surface area contributed by atoms with Crippen LogP contribution in [-0.2, 0) is 4.74 Å². The van der Waals surface area contributed by atoms with Gasteiger partial charge in [0.05, 0.1) is 30.3 Å². The van der Waals surface area contributed by atoms with E-state index in [-0.39, 0.29) is 11.7 Å². The number of rotatable bonds is 3. The van der Waals surface area contributed by atoms with Crippen LogP contribution in [0.1, 0.15) is 23.6 Å². The highest BCUT2D eigenvalue weighted by molar-refractivity contribution is 7.12. The number of halogens is 1. The van der Waals surface area contributed by atoms with Crippen molar-refractivity contribution in [2.75, 3.05) is 57.1 Å². The number of thiazole rings is 1. The summed E-state index contributed by atoms with van der Waals surface area (Å²) in [7, 11) is 2.11. The zero-order chi connectivity index (χ0) is 21.4. The van der Waals surface area contributed by atoms with Crippen molar-refractivity contribution < 1.29 is 13.9 Å². The number of piperazine rings is 1. The Hall–Kier alpha value is -2.23. The van der Waals surface area contributed by atoms with Crippen LogP contribution in [0.2, 0.25) is 0 Å². The maximum Gasteiger partial charge on any atom is 0.283 e. The Kier molecular flexibility index (Phi) is 5.95. The number of nitrogens with two attached hydrogens (primary N) is 1. The Labute approximate surface area is 180 Å². The molecule has 0 bridgehead atoms. The molecule has 2 fully saturated rings. The molecule has 9 heteroatoms. The molecule has 2 aliphatic rings. The Morgan fingerprint density at radius 3 is 2.57 bits per heavy atom. The SMILES string of the molecule is C[C@@H]1CN(c2cc(F)c(-c3csc(C(=O)N4CCOCC4)n3)cc2N)C[C@H](C)N1C. The lowest BCUT2D eigenvalue weighted by Crippen LogP contribution is -2.55. The molecule has 2 atom stereocenters. The molecule has 0 radical (unpaired) electrons. The predicted octanol–water partition coefficient (Wildman–Crippen LogP) is 2.53. The van der Waals surface area contributed by atoms with Crippen molar-refractivity contribution in [3.05, 3.63) is 28.3 Å². The topological polar surface area (TPSA) is 74.9 Å². The summed E-state index contributed by atoms with van der Waals surface area (Å²) in [6, 6.07) is 3.83. The maximum atomic E-state index is 15.1. The molecule has 30 heavy (non-hydrogen) atoms. The molecule has 2 aromatic rings. The summed E-state index contributed by atoms with van der Waals surface area (Å²) in [5, 5.41) is 2.07. The van der Waals surface area contributed by atoms with Gasteiger partial charge in [-0.1, -0.05) is 0 Å². The first-order chi connectivity index (χ1) is 14.3. The van der Waals surface area contributed by atoms with E-state index < -0.39 is 0 Å². The van der Waals surface area contributed by atoms with E-state index in [1.54, 1.807) is 16.3 Å². The summed E-state index contributed by atoms with van der Waals surface area (Å²) in [4.78, 5) is 23.2. The van der Waals surface area contributed by atoms with Crippen molar-refractivity contribution in [1.82, 2.24) is 14.8 Å². The highest BCUT2D eigenvalue weighted by Crippen LogP contribution is 2.34. The molecule has 1 aromatic carbocycles. The molecule has 2 aliphatic heterocycles. The number of benzene rings is 1. The Bertz CT molecular complexity index is 918. The second kappa shape index (κ2) is 8.49. The lowest BCUT2D eigenvalue weighted by atomic mass is 10.1. The van der Waals surface area contributed by atoms with Gasteiger partial charge in [-0.3, -0.25) is 9.69 Å². The smallest absolute Gasteiger partial charge is 0.283 e. The lowest BCUT2D eigenvalue weighted by molar-refractivity contribution is 0.0302. The van der Waals surface area contributed by atoms with E-state index in [0.717, 1.165) is 13.1 Å². The number of carbonyl (C=O) groups is 1. The minimum absolute atomic E-state index is 0.139. The fourth-order valence-corrected chi connectivity index (χ4v) is 4.83. The van der Waals surface area contributed by atoms with Gasteiger partial charge in [0.1, 0.15) is 5.82 Å². The summed E-state index contributed by atoms with van der Waals surface area (Å²) >= 11 is 1.23.